The molecule has 1 aromatic heterocycles. The van der Waals surface area contributed by atoms with Gasteiger partial charge < -0.3 is 5.32 Å². The normalized spacial score (nSPS) is 12.6. The first kappa shape index (κ1) is 12.7. The number of carbonyl (C=O) groups is 1. The molecular weight excluding hydrogens is 206 g/mol. The Kier molecular flexibility index (Phi) is 3.35. The minimum absolute atomic E-state index is 0.152. The van der Waals surface area contributed by atoms with E-state index in [-0.39, 0.29) is 22.6 Å². The standard InChI is InChI=1S/C11H19N3O2/c1-10(2,3)7-11(4,5)13-9(15)8-6-12-16-14-8/h6H,7H2,1-5H3,(H,13,15). The van der Waals surface area contributed by atoms with Crippen molar-refractivity contribution >= 4 is 5.91 Å². The summed E-state index contributed by atoms with van der Waals surface area (Å²) >= 11 is 0. The first-order chi connectivity index (χ1) is 7.20. The highest BCUT2D eigenvalue weighted by Crippen LogP contribution is 2.26. The van der Waals surface area contributed by atoms with Crippen LogP contribution in [0.15, 0.2) is 10.8 Å². The summed E-state index contributed by atoms with van der Waals surface area (Å²) in [7, 11) is 0. The van der Waals surface area contributed by atoms with Gasteiger partial charge in [-0.2, -0.15) is 0 Å². The summed E-state index contributed by atoms with van der Waals surface area (Å²) in [6, 6.07) is 0. The van der Waals surface area contributed by atoms with Crippen molar-refractivity contribution in [3.05, 3.63) is 11.9 Å². The van der Waals surface area contributed by atoms with Crippen LogP contribution < -0.4 is 5.32 Å². The Morgan fingerprint density at radius 2 is 2.00 bits per heavy atom. The molecule has 0 spiro atoms. The monoisotopic (exact) mass is 225 g/mol. The largest absolute Gasteiger partial charge is 0.346 e. The van der Waals surface area contributed by atoms with E-state index in [0.29, 0.717) is 0 Å². The van der Waals surface area contributed by atoms with Crippen LogP contribution in [0.5, 0.6) is 0 Å². The second-order valence-corrected chi connectivity index (χ2v) is 5.87. The van der Waals surface area contributed by atoms with Crippen LogP contribution in [0, 0.1) is 5.41 Å². The summed E-state index contributed by atoms with van der Waals surface area (Å²) in [5, 5.41) is 9.81. The number of nitrogens with one attached hydrogen (secondary N) is 1. The number of nitrogens with zero attached hydrogens (tertiary/aromatic N) is 2. The van der Waals surface area contributed by atoms with E-state index >= 15 is 0 Å². The third-order valence-corrected chi connectivity index (χ3v) is 2.02. The molecule has 0 fully saturated rings. The molecule has 0 radical (unpaired) electrons. The second-order valence-electron chi connectivity index (χ2n) is 5.87. The molecule has 0 aliphatic carbocycles. The van der Waals surface area contributed by atoms with Crippen molar-refractivity contribution in [3.63, 3.8) is 0 Å². The van der Waals surface area contributed by atoms with Crippen LogP contribution in [0.4, 0.5) is 0 Å². The molecule has 0 bridgehead atoms. The average Bonchev–Trinajstić information content (AvgIpc) is 2.48. The SMILES string of the molecule is CC(C)(C)CC(C)(C)NC(=O)c1cnon1. The summed E-state index contributed by atoms with van der Waals surface area (Å²) in [5.74, 6) is -0.254. The van der Waals surface area contributed by atoms with Crippen LogP contribution in [0.3, 0.4) is 0 Å². The van der Waals surface area contributed by atoms with Crippen molar-refractivity contribution in [1.82, 2.24) is 15.6 Å². The maximum atomic E-state index is 11.7. The molecule has 0 saturated heterocycles. The van der Waals surface area contributed by atoms with Crippen LogP contribution >= 0.6 is 0 Å². The van der Waals surface area contributed by atoms with E-state index < -0.39 is 0 Å². The van der Waals surface area contributed by atoms with Crippen molar-refractivity contribution in [2.45, 2.75) is 46.6 Å². The topological polar surface area (TPSA) is 68.0 Å². The molecule has 0 saturated carbocycles. The summed E-state index contributed by atoms with van der Waals surface area (Å²) < 4.78 is 4.39. The van der Waals surface area contributed by atoms with Crippen LogP contribution in [0.1, 0.15) is 51.5 Å². The molecule has 0 aliphatic rings. The van der Waals surface area contributed by atoms with Crippen LogP contribution in [-0.4, -0.2) is 21.8 Å². The van der Waals surface area contributed by atoms with E-state index in [0.717, 1.165) is 6.42 Å². The number of rotatable bonds is 3. The van der Waals surface area contributed by atoms with Crippen LogP contribution in [-0.2, 0) is 0 Å². The molecule has 1 amide bonds. The Balaban J connectivity index is 2.63. The first-order valence-corrected chi connectivity index (χ1v) is 5.30. The fourth-order valence-corrected chi connectivity index (χ4v) is 2.01. The van der Waals surface area contributed by atoms with Crippen molar-refractivity contribution in [1.29, 1.82) is 0 Å². The summed E-state index contributed by atoms with van der Waals surface area (Å²) in [6.07, 6.45) is 2.18. The van der Waals surface area contributed by atoms with Gasteiger partial charge in [0, 0.05) is 5.54 Å². The number of hydrogen-bond acceptors (Lipinski definition) is 4. The Hall–Kier alpha value is -1.39. The molecule has 1 N–H and O–H groups in total. The Bertz CT molecular complexity index is 350. The van der Waals surface area contributed by atoms with Gasteiger partial charge in [0.2, 0.25) is 0 Å². The number of hydrogen-bond donors (Lipinski definition) is 1. The third kappa shape index (κ3) is 4.00. The molecule has 1 aromatic rings. The van der Waals surface area contributed by atoms with Crippen molar-refractivity contribution < 1.29 is 9.42 Å². The maximum absolute atomic E-state index is 11.7. The molecule has 5 heteroatoms. The van der Waals surface area contributed by atoms with Crippen molar-refractivity contribution in [2.24, 2.45) is 5.41 Å². The summed E-state index contributed by atoms with van der Waals surface area (Å²) in [4.78, 5) is 11.7. The van der Waals surface area contributed by atoms with Gasteiger partial charge in [0.1, 0.15) is 6.20 Å². The molecule has 90 valence electrons. The molecule has 5 nitrogen and oxygen atoms in total. The first-order valence-electron chi connectivity index (χ1n) is 5.30. The molecule has 1 rings (SSSR count). The van der Waals surface area contributed by atoms with Gasteiger partial charge in [-0.25, -0.2) is 4.63 Å². The van der Waals surface area contributed by atoms with Gasteiger partial charge in [-0.3, -0.25) is 4.79 Å². The number of aromatic nitrogens is 2. The Labute approximate surface area is 95.6 Å². The lowest BCUT2D eigenvalue weighted by Gasteiger charge is -2.32. The van der Waals surface area contributed by atoms with E-state index in [2.05, 4.69) is 41.0 Å². The van der Waals surface area contributed by atoms with Gasteiger partial charge in [0.15, 0.2) is 5.69 Å². The molecule has 0 unspecified atom stereocenters. The van der Waals surface area contributed by atoms with Gasteiger partial charge >= 0.3 is 0 Å². The zero-order chi connectivity index (χ0) is 12.4. The van der Waals surface area contributed by atoms with E-state index in [1.54, 1.807) is 0 Å². The lowest BCUT2D eigenvalue weighted by Crippen LogP contribution is -2.45. The summed E-state index contributed by atoms with van der Waals surface area (Å²) in [5.41, 5.74) is 0.0784. The lowest BCUT2D eigenvalue weighted by atomic mass is 9.82. The minimum atomic E-state index is -0.283. The van der Waals surface area contributed by atoms with Crippen molar-refractivity contribution in [3.8, 4) is 0 Å². The lowest BCUT2D eigenvalue weighted by molar-refractivity contribution is 0.0881. The predicted octanol–water partition coefficient (Wildman–Crippen LogP) is 2.01. The van der Waals surface area contributed by atoms with Gasteiger partial charge in [0.25, 0.3) is 5.91 Å². The van der Waals surface area contributed by atoms with E-state index in [1.165, 1.54) is 6.20 Å². The van der Waals surface area contributed by atoms with Crippen LogP contribution in [0.25, 0.3) is 0 Å². The predicted molar refractivity (Wildman–Crippen MR) is 59.9 cm³/mol. The molecule has 0 aromatic carbocycles. The van der Waals surface area contributed by atoms with Gasteiger partial charge in [-0.05, 0) is 30.8 Å². The highest BCUT2D eigenvalue weighted by atomic mass is 16.6. The minimum Gasteiger partial charge on any atom is -0.346 e. The van der Waals surface area contributed by atoms with E-state index in [9.17, 15) is 4.79 Å². The van der Waals surface area contributed by atoms with Crippen LogP contribution in [0.2, 0.25) is 0 Å². The average molecular weight is 225 g/mol. The van der Waals surface area contributed by atoms with E-state index in [1.807, 2.05) is 13.8 Å². The molecule has 0 aliphatic heterocycles. The molecule has 1 heterocycles. The van der Waals surface area contributed by atoms with Crippen molar-refractivity contribution in [2.75, 3.05) is 0 Å². The second kappa shape index (κ2) is 4.23. The molecule has 16 heavy (non-hydrogen) atoms. The zero-order valence-electron chi connectivity index (χ0n) is 10.5. The molecule has 0 atom stereocenters. The fraction of sp³-hybridized carbons (Fsp3) is 0.727. The molecular formula is C11H19N3O2. The zero-order valence-corrected chi connectivity index (χ0v) is 10.5. The quantitative estimate of drug-likeness (QED) is 0.854. The Morgan fingerprint density at radius 1 is 1.38 bits per heavy atom. The fourth-order valence-electron chi connectivity index (χ4n) is 2.01. The third-order valence-electron chi connectivity index (χ3n) is 2.02. The smallest absolute Gasteiger partial charge is 0.275 e. The van der Waals surface area contributed by atoms with Gasteiger partial charge in [0.05, 0.1) is 0 Å². The van der Waals surface area contributed by atoms with Gasteiger partial charge in [-0.15, -0.1) is 0 Å². The highest BCUT2D eigenvalue weighted by molar-refractivity contribution is 5.92. The Morgan fingerprint density at radius 3 is 2.44 bits per heavy atom. The number of carbonyl (C=O) groups excluding carboxylic acids is 1. The maximum Gasteiger partial charge on any atom is 0.275 e. The summed E-state index contributed by atoms with van der Waals surface area (Å²) in [6.45, 7) is 10.4. The van der Waals surface area contributed by atoms with E-state index in [4.69, 9.17) is 0 Å². The highest BCUT2D eigenvalue weighted by Gasteiger charge is 2.28. The van der Waals surface area contributed by atoms with Gasteiger partial charge in [-0.1, -0.05) is 25.9 Å². The number of amides is 1.